The molecule has 1 atom stereocenters. The number of phenolic OH excluding ortho intramolecular Hbond substituents is 2. The predicted molar refractivity (Wildman–Crippen MR) is 78.2 cm³/mol. The fraction of sp³-hybridized carbons (Fsp3) is 0.294. The molecule has 4 nitrogen and oxygen atoms in total. The molecule has 0 amide bonds. The van der Waals surface area contributed by atoms with E-state index in [4.69, 9.17) is 0 Å². The molecular weight excluding hydrogens is 268 g/mol. The first kappa shape index (κ1) is 13.9. The van der Waals surface area contributed by atoms with E-state index in [0.717, 1.165) is 35.1 Å². The average Bonchev–Trinajstić information content (AvgIpc) is 2.91. The summed E-state index contributed by atoms with van der Waals surface area (Å²) in [4.78, 5) is 0. The summed E-state index contributed by atoms with van der Waals surface area (Å²) in [5.41, 5.74) is 4.76. The highest BCUT2D eigenvalue weighted by Crippen LogP contribution is 2.41. The number of rotatable bonds is 3. The van der Waals surface area contributed by atoms with E-state index in [1.54, 1.807) is 6.07 Å². The topological polar surface area (TPSA) is 80.9 Å². The summed E-state index contributed by atoms with van der Waals surface area (Å²) in [6.45, 7) is -0.176. The summed E-state index contributed by atoms with van der Waals surface area (Å²) in [5, 5.41) is 37.9. The van der Waals surface area contributed by atoms with Crippen LogP contribution in [0.4, 0.5) is 0 Å². The van der Waals surface area contributed by atoms with Gasteiger partial charge in [0.25, 0.3) is 0 Å². The Kier molecular flexibility index (Phi) is 3.57. The van der Waals surface area contributed by atoms with E-state index in [-0.39, 0.29) is 30.6 Å². The van der Waals surface area contributed by atoms with E-state index in [1.165, 1.54) is 11.6 Å². The summed E-state index contributed by atoms with van der Waals surface area (Å²) in [6.07, 6.45) is 1.82. The van der Waals surface area contributed by atoms with Crippen molar-refractivity contribution in [2.75, 3.05) is 0 Å². The van der Waals surface area contributed by atoms with Crippen molar-refractivity contribution in [2.24, 2.45) is 0 Å². The minimum Gasteiger partial charge on any atom is -0.504 e. The molecule has 2 aromatic rings. The van der Waals surface area contributed by atoms with E-state index in [1.807, 2.05) is 18.2 Å². The number of aliphatic hydroxyl groups excluding tert-OH is 2. The fourth-order valence-corrected chi connectivity index (χ4v) is 3.15. The average molecular weight is 286 g/mol. The van der Waals surface area contributed by atoms with E-state index >= 15 is 0 Å². The summed E-state index contributed by atoms with van der Waals surface area (Å²) >= 11 is 0. The van der Waals surface area contributed by atoms with Crippen molar-refractivity contribution in [1.82, 2.24) is 0 Å². The lowest BCUT2D eigenvalue weighted by Gasteiger charge is -2.15. The molecule has 0 heterocycles. The Labute approximate surface area is 122 Å². The van der Waals surface area contributed by atoms with Crippen molar-refractivity contribution in [3.05, 3.63) is 58.1 Å². The van der Waals surface area contributed by atoms with Gasteiger partial charge in [0, 0.05) is 5.92 Å². The zero-order valence-electron chi connectivity index (χ0n) is 11.6. The van der Waals surface area contributed by atoms with Crippen molar-refractivity contribution in [1.29, 1.82) is 0 Å². The smallest absolute Gasteiger partial charge is 0.157 e. The largest absolute Gasteiger partial charge is 0.504 e. The van der Waals surface area contributed by atoms with E-state index < -0.39 is 0 Å². The minimum absolute atomic E-state index is 0.0756. The standard InChI is InChI=1S/C17H18O4/c18-8-12-5-10-1-3-14(15(10)6-13(12)9-19)11-2-4-16(20)17(21)7-11/h2,4-7,14,18-21H,1,3,8-9H2. The van der Waals surface area contributed by atoms with Gasteiger partial charge in [-0.15, -0.1) is 0 Å². The maximum atomic E-state index is 9.67. The molecule has 0 saturated heterocycles. The molecule has 2 aromatic carbocycles. The van der Waals surface area contributed by atoms with Crippen LogP contribution in [-0.2, 0) is 19.6 Å². The van der Waals surface area contributed by atoms with Gasteiger partial charge in [0.2, 0.25) is 0 Å². The molecule has 0 radical (unpaired) electrons. The Balaban J connectivity index is 2.05. The Morgan fingerprint density at radius 2 is 1.62 bits per heavy atom. The Bertz CT molecular complexity index is 679. The van der Waals surface area contributed by atoms with Gasteiger partial charge in [-0.2, -0.15) is 0 Å². The number of hydrogen-bond acceptors (Lipinski definition) is 4. The first-order valence-electron chi connectivity index (χ1n) is 7.02. The second-order valence-corrected chi connectivity index (χ2v) is 5.48. The van der Waals surface area contributed by atoms with Crippen molar-refractivity contribution in [3.63, 3.8) is 0 Å². The number of hydrogen-bond donors (Lipinski definition) is 4. The number of benzene rings is 2. The van der Waals surface area contributed by atoms with Crippen LogP contribution in [0.5, 0.6) is 11.5 Å². The molecule has 0 saturated carbocycles. The third-order valence-electron chi connectivity index (χ3n) is 4.28. The summed E-state index contributed by atoms with van der Waals surface area (Å²) in [5.74, 6) is -0.0940. The first-order chi connectivity index (χ1) is 10.1. The van der Waals surface area contributed by atoms with Crippen LogP contribution in [-0.4, -0.2) is 20.4 Å². The van der Waals surface area contributed by atoms with Crippen LogP contribution in [0.3, 0.4) is 0 Å². The van der Waals surface area contributed by atoms with Gasteiger partial charge >= 0.3 is 0 Å². The van der Waals surface area contributed by atoms with Crippen molar-refractivity contribution in [2.45, 2.75) is 32.0 Å². The van der Waals surface area contributed by atoms with Crippen LogP contribution in [0.1, 0.15) is 40.2 Å². The second-order valence-electron chi connectivity index (χ2n) is 5.48. The van der Waals surface area contributed by atoms with Gasteiger partial charge in [-0.1, -0.05) is 18.2 Å². The van der Waals surface area contributed by atoms with Gasteiger partial charge in [0.1, 0.15) is 0 Å². The molecule has 1 aliphatic carbocycles. The van der Waals surface area contributed by atoms with Crippen LogP contribution in [0.15, 0.2) is 30.3 Å². The summed E-state index contributed by atoms with van der Waals surface area (Å²) < 4.78 is 0. The predicted octanol–water partition coefficient (Wildman–Crippen LogP) is 2.16. The maximum Gasteiger partial charge on any atom is 0.157 e. The number of aliphatic hydroxyl groups is 2. The number of fused-ring (bicyclic) bond motifs is 1. The summed E-state index contributed by atoms with van der Waals surface area (Å²) in [6, 6.07) is 8.81. The van der Waals surface area contributed by atoms with Crippen LogP contribution in [0.25, 0.3) is 0 Å². The van der Waals surface area contributed by atoms with Gasteiger partial charge in [-0.3, -0.25) is 0 Å². The second kappa shape index (κ2) is 5.39. The van der Waals surface area contributed by atoms with Crippen LogP contribution >= 0.6 is 0 Å². The molecule has 4 heteroatoms. The van der Waals surface area contributed by atoms with E-state index in [0.29, 0.717) is 0 Å². The van der Waals surface area contributed by atoms with Gasteiger partial charge in [0.05, 0.1) is 13.2 Å². The van der Waals surface area contributed by atoms with E-state index in [9.17, 15) is 20.4 Å². The molecule has 0 fully saturated rings. The minimum atomic E-state index is -0.122. The van der Waals surface area contributed by atoms with Crippen molar-refractivity contribution < 1.29 is 20.4 Å². The van der Waals surface area contributed by atoms with Gasteiger partial charge in [-0.25, -0.2) is 0 Å². The Morgan fingerprint density at radius 1 is 0.905 bits per heavy atom. The van der Waals surface area contributed by atoms with Crippen LogP contribution in [0, 0.1) is 0 Å². The zero-order chi connectivity index (χ0) is 15.0. The lowest BCUT2D eigenvalue weighted by molar-refractivity contribution is 0.260. The molecule has 0 spiro atoms. The van der Waals surface area contributed by atoms with Crippen LogP contribution < -0.4 is 0 Å². The maximum absolute atomic E-state index is 9.67. The zero-order valence-corrected chi connectivity index (χ0v) is 11.6. The van der Waals surface area contributed by atoms with Crippen molar-refractivity contribution >= 4 is 0 Å². The lowest BCUT2D eigenvalue weighted by atomic mass is 9.90. The van der Waals surface area contributed by atoms with Gasteiger partial charge in [0.15, 0.2) is 11.5 Å². The molecule has 0 aliphatic heterocycles. The third-order valence-corrected chi connectivity index (χ3v) is 4.28. The molecule has 4 N–H and O–H groups in total. The quantitative estimate of drug-likeness (QED) is 0.652. The Hall–Kier alpha value is -2.04. The van der Waals surface area contributed by atoms with Crippen molar-refractivity contribution in [3.8, 4) is 11.5 Å². The van der Waals surface area contributed by atoms with Gasteiger partial charge < -0.3 is 20.4 Å². The summed E-state index contributed by atoms with van der Waals surface area (Å²) in [7, 11) is 0. The van der Waals surface area contributed by atoms with Crippen LogP contribution in [0.2, 0.25) is 0 Å². The first-order valence-corrected chi connectivity index (χ1v) is 7.02. The molecular formula is C17H18O4. The number of phenols is 2. The normalized spacial score (nSPS) is 17.0. The highest BCUT2D eigenvalue weighted by molar-refractivity contribution is 5.50. The lowest BCUT2D eigenvalue weighted by Crippen LogP contribution is -2.01. The fourth-order valence-electron chi connectivity index (χ4n) is 3.15. The third kappa shape index (κ3) is 2.37. The molecule has 3 rings (SSSR count). The SMILES string of the molecule is OCc1cc2c(cc1CO)C(c1ccc(O)c(O)c1)CC2. The molecule has 110 valence electrons. The monoisotopic (exact) mass is 286 g/mol. The molecule has 1 aliphatic rings. The molecule has 0 bridgehead atoms. The molecule has 21 heavy (non-hydrogen) atoms. The molecule has 0 aromatic heterocycles. The highest BCUT2D eigenvalue weighted by Gasteiger charge is 2.26. The van der Waals surface area contributed by atoms with Gasteiger partial charge in [-0.05, 0) is 52.8 Å². The molecule has 1 unspecified atom stereocenters. The Morgan fingerprint density at radius 3 is 2.29 bits per heavy atom. The van der Waals surface area contributed by atoms with E-state index in [2.05, 4.69) is 0 Å². The number of aryl methyl sites for hydroxylation is 1. The number of aromatic hydroxyl groups is 2. The highest BCUT2D eigenvalue weighted by atomic mass is 16.3.